The Bertz CT molecular complexity index is 1390. The van der Waals surface area contributed by atoms with Crippen LogP contribution in [0.1, 0.15) is 5.76 Å². The maximum Gasteiger partial charge on any atom is 0.298 e. The normalized spacial score (nSPS) is 15.4. The number of rotatable bonds is 3. The van der Waals surface area contributed by atoms with Crippen LogP contribution in [0, 0.1) is 0 Å². The van der Waals surface area contributed by atoms with Gasteiger partial charge in [-0.25, -0.2) is 4.90 Å². The molecule has 0 bridgehead atoms. The third kappa shape index (κ3) is 3.65. The third-order valence-corrected chi connectivity index (χ3v) is 6.33. The first-order chi connectivity index (χ1) is 15.0. The van der Waals surface area contributed by atoms with Gasteiger partial charge in [-0.05, 0) is 53.5 Å². The van der Waals surface area contributed by atoms with Crippen molar-refractivity contribution >= 4 is 68.6 Å². The average molecular weight is 466 g/mol. The second-order valence-corrected chi connectivity index (χ2v) is 8.68. The van der Waals surface area contributed by atoms with Gasteiger partial charge in [-0.1, -0.05) is 59.6 Å². The van der Waals surface area contributed by atoms with E-state index in [-0.39, 0.29) is 16.1 Å². The fourth-order valence-corrected chi connectivity index (χ4v) is 4.67. The molecule has 1 saturated heterocycles. The molecule has 7 heteroatoms. The van der Waals surface area contributed by atoms with Crippen molar-refractivity contribution in [1.29, 1.82) is 0 Å². The van der Waals surface area contributed by atoms with Crippen molar-refractivity contribution in [2.24, 2.45) is 0 Å². The van der Waals surface area contributed by atoms with E-state index in [1.807, 2.05) is 36.4 Å². The van der Waals surface area contributed by atoms with Crippen molar-refractivity contribution in [1.82, 2.24) is 0 Å². The molecule has 1 aliphatic heterocycles. The highest BCUT2D eigenvalue weighted by atomic mass is 35.5. The zero-order valence-corrected chi connectivity index (χ0v) is 18.2. The Morgan fingerprint density at radius 3 is 2.58 bits per heavy atom. The van der Waals surface area contributed by atoms with E-state index in [2.05, 4.69) is 0 Å². The quantitative estimate of drug-likeness (QED) is 0.291. The fraction of sp³-hybridized carbons (Fsp3) is 0. The van der Waals surface area contributed by atoms with E-state index >= 15 is 0 Å². The summed E-state index contributed by atoms with van der Waals surface area (Å²) in [6.07, 6.45) is 1.57. The van der Waals surface area contributed by atoms with Crippen LogP contribution in [0.5, 0.6) is 0 Å². The smallest absolute Gasteiger partial charge is 0.298 e. The second-order valence-electron chi connectivity index (χ2n) is 6.84. The minimum atomic E-state index is -0.384. The number of anilines is 1. The van der Waals surface area contributed by atoms with Gasteiger partial charge in [0.2, 0.25) is 0 Å². The van der Waals surface area contributed by atoms with Gasteiger partial charge >= 0.3 is 0 Å². The predicted molar refractivity (Wildman–Crippen MR) is 127 cm³/mol. The first-order valence-corrected chi connectivity index (χ1v) is 10.9. The molecule has 5 rings (SSSR count). The molecule has 0 spiro atoms. The molecular formula is C24H13Cl2NO3S. The van der Waals surface area contributed by atoms with Gasteiger partial charge in [-0.2, -0.15) is 0 Å². The summed E-state index contributed by atoms with van der Waals surface area (Å²) in [5.74, 6) is 0.576. The summed E-state index contributed by atoms with van der Waals surface area (Å²) in [7, 11) is 0. The van der Waals surface area contributed by atoms with Gasteiger partial charge in [0.25, 0.3) is 11.1 Å². The molecule has 2 amide bonds. The van der Waals surface area contributed by atoms with Crippen molar-refractivity contribution < 1.29 is 14.0 Å². The van der Waals surface area contributed by atoms with E-state index in [1.165, 1.54) is 4.90 Å². The summed E-state index contributed by atoms with van der Waals surface area (Å²) in [5.41, 5.74) is 1.22. The van der Waals surface area contributed by atoms with E-state index < -0.39 is 0 Å². The lowest BCUT2D eigenvalue weighted by molar-refractivity contribution is -0.113. The standard InChI is InChI=1S/C24H13Cl2NO3S/c25-15-8-10-19(26)18(12-15)21-11-9-16(30-21)13-22-23(28)27(24(29)31-22)20-7-3-5-14-4-1-2-6-17(14)20/h1-13H/b22-13-. The highest BCUT2D eigenvalue weighted by Gasteiger charge is 2.37. The van der Waals surface area contributed by atoms with E-state index in [0.29, 0.717) is 32.8 Å². The SMILES string of the molecule is O=C1S/C(=C\c2ccc(-c3cc(Cl)ccc3Cl)o2)C(=O)N1c1cccc2ccccc12. The molecule has 0 N–H and O–H groups in total. The number of hydrogen-bond acceptors (Lipinski definition) is 4. The Labute approximate surface area is 192 Å². The maximum atomic E-state index is 13.1. The summed E-state index contributed by atoms with van der Waals surface area (Å²) in [6, 6.07) is 21.7. The molecule has 1 aromatic heterocycles. The van der Waals surface area contributed by atoms with Crippen LogP contribution >= 0.6 is 35.0 Å². The van der Waals surface area contributed by atoms with Crippen LogP contribution in [0.15, 0.2) is 82.1 Å². The Balaban J connectivity index is 1.49. The number of fused-ring (bicyclic) bond motifs is 1. The number of halogens is 2. The average Bonchev–Trinajstić information content (AvgIpc) is 3.34. The van der Waals surface area contributed by atoms with Gasteiger partial charge in [-0.15, -0.1) is 0 Å². The molecule has 4 nitrogen and oxygen atoms in total. The van der Waals surface area contributed by atoms with Crippen molar-refractivity contribution in [3.05, 3.63) is 93.5 Å². The van der Waals surface area contributed by atoms with Gasteiger partial charge in [0.05, 0.1) is 15.6 Å². The molecule has 0 radical (unpaired) electrons. The Morgan fingerprint density at radius 1 is 0.903 bits per heavy atom. The first-order valence-electron chi connectivity index (χ1n) is 9.32. The van der Waals surface area contributed by atoms with Crippen LogP contribution in [0.25, 0.3) is 28.2 Å². The summed E-state index contributed by atoms with van der Waals surface area (Å²) in [6.45, 7) is 0. The van der Waals surface area contributed by atoms with Crippen LogP contribution in [0.3, 0.4) is 0 Å². The van der Waals surface area contributed by atoms with Gasteiger partial charge in [0, 0.05) is 22.0 Å². The summed E-state index contributed by atoms with van der Waals surface area (Å²) >= 11 is 13.2. The number of nitrogens with zero attached hydrogens (tertiary/aromatic N) is 1. The number of furan rings is 1. The number of hydrogen-bond donors (Lipinski definition) is 0. The molecule has 1 aliphatic rings. The van der Waals surface area contributed by atoms with E-state index in [0.717, 1.165) is 22.5 Å². The van der Waals surface area contributed by atoms with Crippen LogP contribution in [-0.4, -0.2) is 11.1 Å². The van der Waals surface area contributed by atoms with Crippen molar-refractivity contribution in [2.45, 2.75) is 0 Å². The van der Waals surface area contributed by atoms with Crippen molar-refractivity contribution in [3.8, 4) is 11.3 Å². The van der Waals surface area contributed by atoms with Crippen LogP contribution in [0.4, 0.5) is 10.5 Å². The number of carbonyl (C=O) groups excluding carboxylic acids is 2. The number of carbonyl (C=O) groups is 2. The third-order valence-electron chi connectivity index (χ3n) is 4.90. The minimum Gasteiger partial charge on any atom is -0.457 e. The van der Waals surface area contributed by atoms with Crippen molar-refractivity contribution in [3.63, 3.8) is 0 Å². The number of amides is 2. The van der Waals surface area contributed by atoms with Crippen molar-refractivity contribution in [2.75, 3.05) is 4.90 Å². The molecule has 0 unspecified atom stereocenters. The van der Waals surface area contributed by atoms with Crippen LogP contribution in [0.2, 0.25) is 10.0 Å². The Morgan fingerprint density at radius 2 is 1.71 bits per heavy atom. The van der Waals surface area contributed by atoms with Gasteiger partial charge in [-0.3, -0.25) is 9.59 Å². The molecule has 4 aromatic rings. The molecule has 2 heterocycles. The first kappa shape index (κ1) is 19.9. The topological polar surface area (TPSA) is 50.5 Å². The Hall–Kier alpha value is -2.99. The molecule has 0 aliphatic carbocycles. The lowest BCUT2D eigenvalue weighted by atomic mass is 10.1. The fourth-order valence-electron chi connectivity index (χ4n) is 3.47. The summed E-state index contributed by atoms with van der Waals surface area (Å²) in [5, 5.41) is 2.48. The lowest BCUT2D eigenvalue weighted by Crippen LogP contribution is -2.27. The number of thioether (sulfide) groups is 1. The summed E-state index contributed by atoms with van der Waals surface area (Å²) < 4.78 is 5.85. The van der Waals surface area contributed by atoms with E-state index in [9.17, 15) is 9.59 Å². The van der Waals surface area contributed by atoms with E-state index in [1.54, 1.807) is 42.5 Å². The molecule has 31 heavy (non-hydrogen) atoms. The molecular weight excluding hydrogens is 453 g/mol. The lowest BCUT2D eigenvalue weighted by Gasteiger charge is -2.15. The van der Waals surface area contributed by atoms with Gasteiger partial charge in [0.1, 0.15) is 11.5 Å². The molecule has 0 atom stereocenters. The van der Waals surface area contributed by atoms with Gasteiger partial charge < -0.3 is 4.42 Å². The van der Waals surface area contributed by atoms with E-state index in [4.69, 9.17) is 27.6 Å². The largest absolute Gasteiger partial charge is 0.457 e. The maximum absolute atomic E-state index is 13.1. The molecule has 0 saturated carbocycles. The zero-order chi connectivity index (χ0) is 21.5. The van der Waals surface area contributed by atoms with Crippen LogP contribution < -0.4 is 4.90 Å². The zero-order valence-electron chi connectivity index (χ0n) is 15.8. The minimum absolute atomic E-state index is 0.288. The second kappa shape index (κ2) is 7.93. The summed E-state index contributed by atoms with van der Waals surface area (Å²) in [4.78, 5) is 27.3. The molecule has 3 aromatic carbocycles. The highest BCUT2D eigenvalue weighted by Crippen LogP contribution is 2.39. The predicted octanol–water partition coefficient (Wildman–Crippen LogP) is 7.65. The molecule has 152 valence electrons. The Kier molecular flexibility index (Phi) is 5.10. The molecule has 1 fully saturated rings. The highest BCUT2D eigenvalue weighted by molar-refractivity contribution is 8.19. The number of imide groups is 1. The van der Waals surface area contributed by atoms with Gasteiger partial charge in [0.15, 0.2) is 0 Å². The number of benzene rings is 3. The van der Waals surface area contributed by atoms with Crippen LogP contribution in [-0.2, 0) is 4.79 Å². The monoisotopic (exact) mass is 465 g/mol.